The van der Waals surface area contributed by atoms with Gasteiger partial charge < -0.3 is 19.3 Å². The molecule has 0 saturated heterocycles. The number of aromatic carboxylic acids is 1. The van der Waals surface area contributed by atoms with Crippen LogP contribution in [0.5, 0.6) is 17.2 Å². The van der Waals surface area contributed by atoms with Crippen LogP contribution in [0.4, 0.5) is 0 Å². The monoisotopic (exact) mass is 405 g/mol. The lowest BCUT2D eigenvalue weighted by atomic mass is 9.86. The lowest BCUT2D eigenvalue weighted by Crippen LogP contribution is -2.13. The first-order valence-corrected chi connectivity index (χ1v) is 9.73. The number of nitrogens with zero attached hydrogens (tertiary/aromatic N) is 1. The van der Waals surface area contributed by atoms with Crippen molar-refractivity contribution in [3.05, 3.63) is 58.8 Å². The molecule has 154 valence electrons. The molecule has 0 bridgehead atoms. The number of rotatable bonds is 5. The van der Waals surface area contributed by atoms with Crippen LogP contribution >= 0.6 is 0 Å². The average Bonchev–Trinajstić information content (AvgIpc) is 2.77. The SMILES string of the molecule is COc1cc(OC)c(OC)cc1/C=C1/CCCc2c1nc1ccccc1c2C(=O)O. The van der Waals surface area contributed by atoms with Crippen molar-refractivity contribution in [3.63, 3.8) is 0 Å². The molecule has 0 unspecified atom stereocenters. The Hall–Kier alpha value is -3.54. The molecule has 0 atom stereocenters. The molecule has 2 aromatic carbocycles. The van der Waals surface area contributed by atoms with Gasteiger partial charge in [-0.15, -0.1) is 0 Å². The first-order chi connectivity index (χ1) is 14.6. The number of methoxy groups -OCH3 is 3. The summed E-state index contributed by atoms with van der Waals surface area (Å²) in [5.74, 6) is 0.901. The number of pyridine rings is 1. The summed E-state index contributed by atoms with van der Waals surface area (Å²) < 4.78 is 16.4. The molecule has 1 aliphatic rings. The number of allylic oxidation sites excluding steroid dienone is 1. The molecule has 4 rings (SSSR count). The summed E-state index contributed by atoms with van der Waals surface area (Å²) in [4.78, 5) is 16.9. The summed E-state index contributed by atoms with van der Waals surface area (Å²) >= 11 is 0. The molecule has 0 amide bonds. The zero-order valence-corrected chi connectivity index (χ0v) is 17.2. The molecule has 0 spiro atoms. The number of carbonyl (C=O) groups is 1. The van der Waals surface area contributed by atoms with Crippen LogP contribution in [0.25, 0.3) is 22.6 Å². The quantitative estimate of drug-likeness (QED) is 0.655. The third-order valence-electron chi connectivity index (χ3n) is 5.45. The van der Waals surface area contributed by atoms with E-state index in [9.17, 15) is 9.90 Å². The van der Waals surface area contributed by atoms with E-state index in [2.05, 4.69) is 0 Å². The summed E-state index contributed by atoms with van der Waals surface area (Å²) in [6, 6.07) is 11.0. The van der Waals surface area contributed by atoms with E-state index in [1.54, 1.807) is 27.4 Å². The maximum atomic E-state index is 12.1. The fourth-order valence-electron chi connectivity index (χ4n) is 4.07. The zero-order valence-electron chi connectivity index (χ0n) is 17.2. The van der Waals surface area contributed by atoms with Gasteiger partial charge in [0.2, 0.25) is 0 Å². The Morgan fingerprint density at radius 2 is 1.70 bits per heavy atom. The van der Waals surface area contributed by atoms with Crippen LogP contribution in [0.1, 0.15) is 40.0 Å². The van der Waals surface area contributed by atoms with E-state index in [-0.39, 0.29) is 0 Å². The van der Waals surface area contributed by atoms with Crippen molar-refractivity contribution >= 4 is 28.5 Å². The van der Waals surface area contributed by atoms with Gasteiger partial charge in [-0.25, -0.2) is 9.78 Å². The molecule has 0 aliphatic heterocycles. The van der Waals surface area contributed by atoms with E-state index in [0.29, 0.717) is 40.1 Å². The molecule has 6 heteroatoms. The maximum Gasteiger partial charge on any atom is 0.336 e. The molecule has 1 aliphatic carbocycles. The van der Waals surface area contributed by atoms with Crippen LogP contribution in [0, 0.1) is 0 Å². The molecular weight excluding hydrogens is 382 g/mol. The van der Waals surface area contributed by atoms with Crippen LogP contribution < -0.4 is 14.2 Å². The number of benzene rings is 2. The third kappa shape index (κ3) is 3.34. The van der Waals surface area contributed by atoms with Crippen molar-refractivity contribution in [1.82, 2.24) is 4.98 Å². The van der Waals surface area contributed by atoms with Crippen molar-refractivity contribution < 1.29 is 24.1 Å². The smallest absolute Gasteiger partial charge is 0.336 e. The molecule has 0 radical (unpaired) electrons. The second kappa shape index (κ2) is 8.06. The standard InChI is InChI=1S/C24H23NO5/c1-28-19-13-21(30-3)20(29-2)12-15(19)11-14-7-6-9-17-22(24(26)27)16-8-4-5-10-18(16)25-23(14)17/h4-5,8,10-13H,6-7,9H2,1-3H3,(H,26,27)/b14-11-. The minimum atomic E-state index is -0.921. The van der Waals surface area contributed by atoms with Crippen LogP contribution in [-0.4, -0.2) is 37.4 Å². The van der Waals surface area contributed by atoms with E-state index in [4.69, 9.17) is 19.2 Å². The number of carboxylic acid groups (broad SMARTS) is 1. The molecule has 1 N–H and O–H groups in total. The number of para-hydroxylation sites is 1. The normalized spacial score (nSPS) is 14.4. The van der Waals surface area contributed by atoms with Crippen LogP contribution in [0.3, 0.4) is 0 Å². The fourth-order valence-corrected chi connectivity index (χ4v) is 4.07. The Balaban J connectivity index is 1.94. The van der Waals surface area contributed by atoms with E-state index < -0.39 is 5.97 Å². The number of hydrogen-bond acceptors (Lipinski definition) is 5. The van der Waals surface area contributed by atoms with Crippen molar-refractivity contribution in [2.24, 2.45) is 0 Å². The fraction of sp³-hybridized carbons (Fsp3) is 0.250. The Morgan fingerprint density at radius 1 is 1.00 bits per heavy atom. The summed E-state index contributed by atoms with van der Waals surface area (Å²) in [5, 5.41) is 10.6. The number of fused-ring (bicyclic) bond motifs is 2. The van der Waals surface area contributed by atoms with Gasteiger partial charge >= 0.3 is 5.97 Å². The van der Waals surface area contributed by atoms with E-state index >= 15 is 0 Å². The number of carboxylic acids is 1. The van der Waals surface area contributed by atoms with Crippen molar-refractivity contribution in [2.45, 2.75) is 19.3 Å². The number of aromatic nitrogens is 1. The average molecular weight is 405 g/mol. The first kappa shape index (κ1) is 19.8. The minimum absolute atomic E-state index is 0.348. The number of ether oxygens (including phenoxy) is 3. The highest BCUT2D eigenvalue weighted by atomic mass is 16.5. The van der Waals surface area contributed by atoms with Gasteiger partial charge in [-0.05, 0) is 48.6 Å². The van der Waals surface area contributed by atoms with Gasteiger partial charge in [0.25, 0.3) is 0 Å². The molecular formula is C24H23NO5. The van der Waals surface area contributed by atoms with Crippen LogP contribution in [-0.2, 0) is 6.42 Å². The Kier molecular flexibility index (Phi) is 5.31. The molecule has 1 heterocycles. The van der Waals surface area contributed by atoms with Crippen molar-refractivity contribution in [1.29, 1.82) is 0 Å². The highest BCUT2D eigenvalue weighted by molar-refractivity contribution is 6.06. The maximum absolute atomic E-state index is 12.1. The Morgan fingerprint density at radius 3 is 2.40 bits per heavy atom. The predicted molar refractivity (Wildman–Crippen MR) is 116 cm³/mol. The molecule has 0 fully saturated rings. The first-order valence-electron chi connectivity index (χ1n) is 9.73. The summed E-state index contributed by atoms with van der Waals surface area (Å²) in [7, 11) is 4.77. The molecule has 30 heavy (non-hydrogen) atoms. The van der Waals surface area contributed by atoms with Gasteiger partial charge in [0.05, 0.1) is 38.1 Å². The highest BCUT2D eigenvalue weighted by Gasteiger charge is 2.25. The highest BCUT2D eigenvalue weighted by Crippen LogP contribution is 2.40. The third-order valence-corrected chi connectivity index (χ3v) is 5.45. The Bertz CT molecular complexity index is 1170. The summed E-state index contributed by atoms with van der Waals surface area (Å²) in [6.45, 7) is 0. The molecule has 3 aromatic rings. The predicted octanol–water partition coefficient (Wildman–Crippen LogP) is 4.84. The van der Waals surface area contributed by atoms with E-state index in [0.717, 1.165) is 35.2 Å². The Labute approximate surface area is 174 Å². The largest absolute Gasteiger partial charge is 0.496 e. The summed E-state index contributed by atoms with van der Waals surface area (Å²) in [5.41, 5.74) is 4.37. The zero-order chi connectivity index (χ0) is 21.3. The molecule has 1 aromatic heterocycles. The van der Waals surface area contributed by atoms with Gasteiger partial charge in [-0.2, -0.15) is 0 Å². The topological polar surface area (TPSA) is 77.9 Å². The second-order valence-electron chi connectivity index (χ2n) is 7.11. The van der Waals surface area contributed by atoms with Crippen molar-refractivity contribution in [2.75, 3.05) is 21.3 Å². The van der Waals surface area contributed by atoms with Gasteiger partial charge in [0.15, 0.2) is 11.5 Å². The molecule has 0 saturated carbocycles. The molecule has 6 nitrogen and oxygen atoms in total. The van der Waals surface area contributed by atoms with E-state index in [1.807, 2.05) is 36.4 Å². The van der Waals surface area contributed by atoms with Gasteiger partial charge in [-0.1, -0.05) is 18.2 Å². The summed E-state index contributed by atoms with van der Waals surface area (Å²) in [6.07, 6.45) is 4.35. The second-order valence-corrected chi connectivity index (χ2v) is 7.11. The lowest BCUT2D eigenvalue weighted by molar-refractivity contribution is 0.0697. The lowest BCUT2D eigenvalue weighted by Gasteiger charge is -2.22. The van der Waals surface area contributed by atoms with Gasteiger partial charge in [0.1, 0.15) is 5.75 Å². The van der Waals surface area contributed by atoms with Gasteiger partial charge in [-0.3, -0.25) is 0 Å². The number of hydrogen-bond donors (Lipinski definition) is 1. The van der Waals surface area contributed by atoms with Crippen LogP contribution in [0.15, 0.2) is 36.4 Å². The van der Waals surface area contributed by atoms with Crippen LogP contribution in [0.2, 0.25) is 0 Å². The minimum Gasteiger partial charge on any atom is -0.496 e. The van der Waals surface area contributed by atoms with E-state index in [1.165, 1.54) is 0 Å². The van der Waals surface area contributed by atoms with Gasteiger partial charge in [0, 0.05) is 17.0 Å². The van der Waals surface area contributed by atoms with Crippen molar-refractivity contribution in [3.8, 4) is 17.2 Å².